The van der Waals surface area contributed by atoms with E-state index in [9.17, 15) is 5.11 Å². The molecule has 0 fully saturated rings. The zero-order chi connectivity index (χ0) is 15.8. The Hall–Kier alpha value is -0.380. The van der Waals surface area contributed by atoms with Gasteiger partial charge in [0.15, 0.2) is 0 Å². The predicted octanol–water partition coefficient (Wildman–Crippen LogP) is 4.27. The first kappa shape index (κ1) is 20.6. The van der Waals surface area contributed by atoms with Gasteiger partial charge in [-0.1, -0.05) is 64.0 Å². The minimum absolute atomic E-state index is 0.152. The summed E-state index contributed by atoms with van der Waals surface area (Å²) in [4.78, 5) is 0. The van der Waals surface area contributed by atoms with Crippen molar-refractivity contribution in [2.24, 2.45) is 5.73 Å². The van der Waals surface area contributed by atoms with Crippen LogP contribution in [-0.2, 0) is 0 Å². The van der Waals surface area contributed by atoms with Gasteiger partial charge in [0.1, 0.15) is 6.23 Å². The summed E-state index contributed by atoms with van der Waals surface area (Å²) in [5.41, 5.74) is 5.28. The molecule has 0 saturated carbocycles. The number of nitrogens with two attached hydrogens (primary N) is 1. The molecule has 2 unspecified atom stereocenters. The van der Waals surface area contributed by atoms with Gasteiger partial charge in [0.25, 0.3) is 0 Å². The Balaban J connectivity index is 3.24. The molecule has 0 aromatic rings. The van der Waals surface area contributed by atoms with Crippen molar-refractivity contribution in [1.82, 2.24) is 0 Å². The van der Waals surface area contributed by atoms with E-state index in [1.165, 1.54) is 38.5 Å². The van der Waals surface area contributed by atoms with E-state index < -0.39 is 6.23 Å². The number of aliphatic hydroxyl groups excluding tert-OH is 2. The van der Waals surface area contributed by atoms with Gasteiger partial charge in [-0.25, -0.2) is 0 Å². The summed E-state index contributed by atoms with van der Waals surface area (Å²) in [6.07, 6.45) is 17.9. The van der Waals surface area contributed by atoms with Crippen LogP contribution >= 0.6 is 0 Å². The normalized spacial score (nSPS) is 14.7. The minimum atomic E-state index is -0.638. The molecule has 3 heteroatoms. The molecule has 0 bridgehead atoms. The Morgan fingerprint density at radius 1 is 0.810 bits per heavy atom. The molecular formula is C18H37NO2. The molecule has 0 aliphatic rings. The Morgan fingerprint density at radius 3 is 2.14 bits per heavy atom. The molecule has 0 aliphatic heterocycles. The van der Waals surface area contributed by atoms with Gasteiger partial charge < -0.3 is 15.9 Å². The maximum atomic E-state index is 9.81. The maximum Gasteiger partial charge on any atom is 0.102 e. The predicted molar refractivity (Wildman–Crippen MR) is 91.0 cm³/mol. The van der Waals surface area contributed by atoms with Crippen molar-refractivity contribution in [3.8, 4) is 0 Å². The number of rotatable bonds is 15. The summed E-state index contributed by atoms with van der Waals surface area (Å²) in [6.45, 7) is 2.21. The lowest BCUT2D eigenvalue weighted by molar-refractivity contribution is 0.163. The smallest absolute Gasteiger partial charge is 0.102 e. The molecule has 0 radical (unpaired) electrons. The number of allylic oxidation sites excluding steroid dienone is 1. The molecule has 0 saturated heterocycles. The second-order valence-corrected chi connectivity index (χ2v) is 6.12. The number of aliphatic hydroxyl groups is 2. The number of hydrogen-bond acceptors (Lipinski definition) is 3. The molecule has 3 nitrogen and oxygen atoms in total. The molecule has 0 amide bonds. The number of unbranched alkanes of at least 4 members (excludes halogenated alkanes) is 8. The molecule has 0 aromatic heterocycles. The highest BCUT2D eigenvalue weighted by Gasteiger charge is 2.00. The highest BCUT2D eigenvalue weighted by atomic mass is 16.3. The van der Waals surface area contributed by atoms with Crippen LogP contribution in [0.5, 0.6) is 0 Å². The molecular weight excluding hydrogens is 262 g/mol. The molecule has 0 spiro atoms. The summed E-state index contributed by atoms with van der Waals surface area (Å²) < 4.78 is 0. The summed E-state index contributed by atoms with van der Waals surface area (Å²) in [6, 6.07) is 0. The summed E-state index contributed by atoms with van der Waals surface area (Å²) >= 11 is 0. The first-order valence-electron chi connectivity index (χ1n) is 8.93. The number of hydrogen-bond donors (Lipinski definition) is 3. The standard InChI is InChI=1S/C18H37NO2/c1-2-3-4-11-14-17(20)15-12-9-7-5-6-8-10-13-16-18(19)21/h9,12,17-18,20-21H,2-8,10-11,13-16,19H2,1H3. The fourth-order valence-electron chi connectivity index (χ4n) is 2.44. The SMILES string of the molecule is CCCCCCC(O)CC=CCCCCCCCC(N)O. The zero-order valence-corrected chi connectivity index (χ0v) is 14.0. The molecule has 2 atom stereocenters. The van der Waals surface area contributed by atoms with Crippen molar-refractivity contribution in [3.05, 3.63) is 12.2 Å². The molecule has 0 aliphatic carbocycles. The monoisotopic (exact) mass is 299 g/mol. The van der Waals surface area contributed by atoms with Gasteiger partial charge in [0, 0.05) is 0 Å². The van der Waals surface area contributed by atoms with Gasteiger partial charge in [-0.15, -0.1) is 0 Å². The highest BCUT2D eigenvalue weighted by Crippen LogP contribution is 2.10. The summed E-state index contributed by atoms with van der Waals surface area (Å²) in [5, 5.41) is 18.7. The van der Waals surface area contributed by atoms with E-state index in [1.807, 2.05) is 0 Å². The van der Waals surface area contributed by atoms with Crippen molar-refractivity contribution in [3.63, 3.8) is 0 Å². The summed E-state index contributed by atoms with van der Waals surface area (Å²) in [7, 11) is 0. The molecule has 4 N–H and O–H groups in total. The van der Waals surface area contributed by atoms with Crippen molar-refractivity contribution in [1.29, 1.82) is 0 Å². The van der Waals surface area contributed by atoms with Crippen molar-refractivity contribution in [2.75, 3.05) is 0 Å². The fraction of sp³-hybridized carbons (Fsp3) is 0.889. The van der Waals surface area contributed by atoms with E-state index in [4.69, 9.17) is 10.8 Å². The van der Waals surface area contributed by atoms with Gasteiger partial charge in [-0.05, 0) is 38.5 Å². The third kappa shape index (κ3) is 17.6. The van der Waals surface area contributed by atoms with Crippen LogP contribution in [0.3, 0.4) is 0 Å². The molecule has 126 valence electrons. The van der Waals surface area contributed by atoms with Crippen LogP contribution in [0.25, 0.3) is 0 Å². The molecule has 0 aromatic carbocycles. The fourth-order valence-corrected chi connectivity index (χ4v) is 2.44. The van der Waals surface area contributed by atoms with E-state index in [0.717, 1.165) is 44.9 Å². The third-order valence-corrected chi connectivity index (χ3v) is 3.84. The van der Waals surface area contributed by atoms with E-state index in [2.05, 4.69) is 19.1 Å². The first-order chi connectivity index (χ1) is 10.2. The van der Waals surface area contributed by atoms with Gasteiger partial charge >= 0.3 is 0 Å². The van der Waals surface area contributed by atoms with Crippen molar-refractivity contribution in [2.45, 2.75) is 103 Å². The van der Waals surface area contributed by atoms with E-state index in [1.54, 1.807) is 0 Å². The Labute approximate surface area is 131 Å². The Bertz CT molecular complexity index is 229. The van der Waals surface area contributed by atoms with Gasteiger partial charge in [0.2, 0.25) is 0 Å². The average molecular weight is 299 g/mol. The van der Waals surface area contributed by atoms with E-state index in [0.29, 0.717) is 0 Å². The maximum absolute atomic E-state index is 9.81. The lowest BCUT2D eigenvalue weighted by atomic mass is 10.1. The zero-order valence-electron chi connectivity index (χ0n) is 14.0. The first-order valence-corrected chi connectivity index (χ1v) is 8.93. The highest BCUT2D eigenvalue weighted by molar-refractivity contribution is 4.84. The van der Waals surface area contributed by atoms with Crippen molar-refractivity contribution >= 4 is 0 Å². The van der Waals surface area contributed by atoms with Gasteiger partial charge in [0.05, 0.1) is 6.10 Å². The van der Waals surface area contributed by atoms with Gasteiger partial charge in [-0.2, -0.15) is 0 Å². The third-order valence-electron chi connectivity index (χ3n) is 3.84. The van der Waals surface area contributed by atoms with Crippen LogP contribution < -0.4 is 5.73 Å². The van der Waals surface area contributed by atoms with Crippen LogP contribution in [0, 0.1) is 0 Å². The Morgan fingerprint density at radius 2 is 1.43 bits per heavy atom. The van der Waals surface area contributed by atoms with Crippen LogP contribution in [0.15, 0.2) is 12.2 Å². The quantitative estimate of drug-likeness (QED) is 0.240. The summed E-state index contributed by atoms with van der Waals surface area (Å²) in [5.74, 6) is 0. The lowest BCUT2D eigenvalue weighted by Gasteiger charge is -2.07. The van der Waals surface area contributed by atoms with Crippen molar-refractivity contribution < 1.29 is 10.2 Å². The van der Waals surface area contributed by atoms with Gasteiger partial charge in [-0.3, -0.25) is 0 Å². The van der Waals surface area contributed by atoms with E-state index >= 15 is 0 Å². The largest absolute Gasteiger partial charge is 0.393 e. The second kappa shape index (κ2) is 16.0. The molecule has 21 heavy (non-hydrogen) atoms. The molecule has 0 rings (SSSR count). The Kier molecular flexibility index (Phi) is 15.7. The van der Waals surface area contributed by atoms with Crippen LogP contribution in [0.1, 0.15) is 90.4 Å². The van der Waals surface area contributed by atoms with E-state index in [-0.39, 0.29) is 6.10 Å². The average Bonchev–Trinajstić information content (AvgIpc) is 2.45. The van der Waals surface area contributed by atoms with Crippen LogP contribution in [0.2, 0.25) is 0 Å². The van der Waals surface area contributed by atoms with Crippen LogP contribution in [-0.4, -0.2) is 22.5 Å². The molecule has 0 heterocycles. The van der Waals surface area contributed by atoms with Crippen LogP contribution in [0.4, 0.5) is 0 Å². The topological polar surface area (TPSA) is 66.5 Å². The second-order valence-electron chi connectivity index (χ2n) is 6.12. The minimum Gasteiger partial charge on any atom is -0.393 e. The lowest BCUT2D eigenvalue weighted by Crippen LogP contribution is -2.17.